The summed E-state index contributed by atoms with van der Waals surface area (Å²) < 4.78 is 17.4. The Kier molecular flexibility index (Phi) is 5.40. The molecule has 1 fully saturated rings. The molecule has 0 unspecified atom stereocenters. The molecule has 2 aromatic rings. The van der Waals surface area contributed by atoms with Crippen molar-refractivity contribution in [2.45, 2.75) is 50.5 Å². The lowest BCUT2D eigenvalue weighted by molar-refractivity contribution is -0.326. The van der Waals surface area contributed by atoms with E-state index in [2.05, 4.69) is 6.07 Å². The number of aliphatic hydroxyl groups excluding tert-OH is 3. The highest BCUT2D eigenvalue weighted by Crippen LogP contribution is 2.45. The van der Waals surface area contributed by atoms with Crippen LogP contribution in [-0.4, -0.2) is 46.8 Å². The lowest BCUT2D eigenvalue weighted by atomic mass is 9.88. The zero-order chi connectivity index (χ0) is 19.7. The zero-order valence-corrected chi connectivity index (χ0v) is 15.9. The van der Waals surface area contributed by atoms with E-state index < -0.39 is 24.1 Å². The summed E-state index contributed by atoms with van der Waals surface area (Å²) in [5, 5.41) is 29.8. The highest BCUT2D eigenvalue weighted by molar-refractivity contribution is 5.40. The van der Waals surface area contributed by atoms with Crippen LogP contribution in [0.5, 0.6) is 5.75 Å². The Labute approximate surface area is 164 Å². The van der Waals surface area contributed by atoms with Gasteiger partial charge in [-0.1, -0.05) is 24.3 Å². The molecule has 2 aromatic carbocycles. The highest BCUT2D eigenvalue weighted by Gasteiger charge is 2.51. The van der Waals surface area contributed by atoms with E-state index in [0.717, 1.165) is 34.4 Å². The van der Waals surface area contributed by atoms with E-state index in [1.54, 1.807) is 0 Å². The maximum atomic E-state index is 10.3. The molecular weight excluding hydrogens is 360 g/mol. The molecule has 4 rings (SSSR count). The van der Waals surface area contributed by atoms with Crippen LogP contribution in [0.3, 0.4) is 0 Å². The second kappa shape index (κ2) is 7.81. The van der Waals surface area contributed by atoms with Crippen LogP contribution in [0.2, 0.25) is 0 Å². The van der Waals surface area contributed by atoms with Crippen molar-refractivity contribution in [3.63, 3.8) is 0 Å². The molecule has 6 heteroatoms. The van der Waals surface area contributed by atoms with E-state index in [1.165, 1.54) is 0 Å². The second-order valence-electron chi connectivity index (χ2n) is 7.39. The number of hydrogen-bond donors (Lipinski definition) is 3. The fourth-order valence-electron chi connectivity index (χ4n) is 4.01. The summed E-state index contributed by atoms with van der Waals surface area (Å²) in [4.78, 5) is 0. The Morgan fingerprint density at radius 3 is 2.57 bits per heavy atom. The minimum atomic E-state index is -1.13. The van der Waals surface area contributed by atoms with Gasteiger partial charge >= 0.3 is 0 Å². The van der Waals surface area contributed by atoms with Crippen LogP contribution in [0.15, 0.2) is 42.5 Å². The van der Waals surface area contributed by atoms with Gasteiger partial charge in [-0.15, -0.1) is 0 Å². The summed E-state index contributed by atoms with van der Waals surface area (Å²) in [6.07, 6.45) is -2.17. The Morgan fingerprint density at radius 1 is 1.11 bits per heavy atom. The predicted molar refractivity (Wildman–Crippen MR) is 102 cm³/mol. The first-order valence-corrected chi connectivity index (χ1v) is 9.67. The number of rotatable bonds is 5. The number of benzene rings is 2. The van der Waals surface area contributed by atoms with E-state index in [1.807, 2.05) is 43.3 Å². The van der Waals surface area contributed by atoms with Crippen molar-refractivity contribution >= 4 is 0 Å². The van der Waals surface area contributed by atoms with Crippen LogP contribution in [0.25, 0.3) is 0 Å². The predicted octanol–water partition coefficient (Wildman–Crippen LogP) is 1.86. The van der Waals surface area contributed by atoms with Gasteiger partial charge < -0.3 is 29.5 Å². The van der Waals surface area contributed by atoms with Gasteiger partial charge in [-0.2, -0.15) is 0 Å². The van der Waals surface area contributed by atoms with Crippen LogP contribution in [0, 0.1) is 0 Å². The molecule has 2 aliphatic rings. The molecule has 6 nitrogen and oxygen atoms in total. The van der Waals surface area contributed by atoms with E-state index >= 15 is 0 Å². The second-order valence-corrected chi connectivity index (χ2v) is 7.39. The molecule has 2 heterocycles. The number of aliphatic hydroxyl groups is 3. The maximum absolute atomic E-state index is 10.3. The van der Waals surface area contributed by atoms with Crippen LogP contribution in [0.1, 0.15) is 35.6 Å². The summed E-state index contributed by atoms with van der Waals surface area (Å²) >= 11 is 0. The van der Waals surface area contributed by atoms with Crippen LogP contribution in [-0.2, 0) is 28.3 Å². The van der Waals surface area contributed by atoms with Gasteiger partial charge in [0.05, 0.1) is 25.9 Å². The third-order valence-electron chi connectivity index (χ3n) is 5.46. The third kappa shape index (κ3) is 3.54. The molecule has 1 spiro atoms. The molecule has 150 valence electrons. The van der Waals surface area contributed by atoms with Gasteiger partial charge in [-0.25, -0.2) is 0 Å². The lowest BCUT2D eigenvalue weighted by Crippen LogP contribution is -2.54. The Balaban J connectivity index is 1.58. The van der Waals surface area contributed by atoms with Gasteiger partial charge in [0.2, 0.25) is 0 Å². The Morgan fingerprint density at radius 2 is 1.86 bits per heavy atom. The molecule has 0 amide bonds. The number of fused-ring (bicyclic) bond motifs is 2. The topological polar surface area (TPSA) is 88.4 Å². The van der Waals surface area contributed by atoms with Gasteiger partial charge in [-0.05, 0) is 48.2 Å². The first-order valence-electron chi connectivity index (χ1n) is 9.67. The van der Waals surface area contributed by atoms with Crippen molar-refractivity contribution in [3.8, 4) is 5.75 Å². The van der Waals surface area contributed by atoms with Gasteiger partial charge in [0.1, 0.15) is 18.0 Å². The van der Waals surface area contributed by atoms with E-state index in [4.69, 9.17) is 14.2 Å². The smallest absolute Gasteiger partial charge is 0.198 e. The standard InChI is InChI=1S/C22H26O6/c1-2-26-17-7-4-14(5-8-17)9-15-3-6-16-13-27-22(18(16)10-15)11-19(24)21(25)20(12-23)28-22/h3-8,10,19-21,23-25H,2,9,11-13H2,1H3/t19-,20-,21+,22-/m1/s1. The quantitative estimate of drug-likeness (QED) is 0.727. The van der Waals surface area contributed by atoms with Gasteiger partial charge in [-0.3, -0.25) is 0 Å². The molecule has 0 saturated carbocycles. The van der Waals surface area contributed by atoms with E-state index in [9.17, 15) is 15.3 Å². The molecule has 28 heavy (non-hydrogen) atoms. The van der Waals surface area contributed by atoms with Crippen LogP contribution >= 0.6 is 0 Å². The minimum Gasteiger partial charge on any atom is -0.494 e. The molecule has 0 aliphatic carbocycles. The van der Waals surface area contributed by atoms with Gasteiger partial charge in [0.25, 0.3) is 0 Å². The van der Waals surface area contributed by atoms with Gasteiger partial charge in [0.15, 0.2) is 5.79 Å². The summed E-state index contributed by atoms with van der Waals surface area (Å²) in [6.45, 7) is 2.59. The maximum Gasteiger partial charge on any atom is 0.198 e. The summed E-state index contributed by atoms with van der Waals surface area (Å²) in [7, 11) is 0. The molecule has 0 bridgehead atoms. The third-order valence-corrected chi connectivity index (χ3v) is 5.46. The van der Waals surface area contributed by atoms with Gasteiger partial charge in [0, 0.05) is 12.0 Å². The molecule has 0 aromatic heterocycles. The van der Waals surface area contributed by atoms with Crippen molar-refractivity contribution in [3.05, 3.63) is 64.7 Å². The van der Waals surface area contributed by atoms with Crippen molar-refractivity contribution < 1.29 is 29.5 Å². The monoisotopic (exact) mass is 386 g/mol. The SMILES string of the molecule is CCOc1ccc(Cc2ccc3c(c2)[C@]2(C[C@@H](O)[C@H](O)[C@@H](CO)O2)OC3)cc1. The molecule has 4 atom stereocenters. The fourth-order valence-corrected chi connectivity index (χ4v) is 4.01. The number of hydrogen-bond acceptors (Lipinski definition) is 6. The fraction of sp³-hybridized carbons (Fsp3) is 0.455. The average Bonchev–Trinajstić information content (AvgIpc) is 3.04. The molecule has 1 saturated heterocycles. The minimum absolute atomic E-state index is 0.129. The Hall–Kier alpha value is -1.96. The largest absolute Gasteiger partial charge is 0.494 e. The van der Waals surface area contributed by atoms with Crippen molar-refractivity contribution in [2.24, 2.45) is 0 Å². The normalized spacial score (nSPS) is 29.1. The van der Waals surface area contributed by atoms with Crippen LogP contribution < -0.4 is 4.74 Å². The van der Waals surface area contributed by atoms with E-state index in [-0.39, 0.29) is 13.0 Å². The highest BCUT2D eigenvalue weighted by atomic mass is 16.7. The summed E-state index contributed by atoms with van der Waals surface area (Å²) in [5.74, 6) is -0.276. The van der Waals surface area contributed by atoms with Crippen molar-refractivity contribution in [1.29, 1.82) is 0 Å². The number of ether oxygens (including phenoxy) is 3. The molecule has 0 radical (unpaired) electrons. The molecule has 3 N–H and O–H groups in total. The van der Waals surface area contributed by atoms with Crippen molar-refractivity contribution in [2.75, 3.05) is 13.2 Å². The summed E-state index contributed by atoms with van der Waals surface area (Å²) in [6, 6.07) is 14.1. The lowest BCUT2D eigenvalue weighted by Gasteiger charge is -2.42. The molecular formula is C22H26O6. The first kappa shape index (κ1) is 19.4. The average molecular weight is 386 g/mol. The zero-order valence-electron chi connectivity index (χ0n) is 15.9. The van der Waals surface area contributed by atoms with Crippen LogP contribution in [0.4, 0.5) is 0 Å². The Bertz CT molecular complexity index is 820. The van der Waals surface area contributed by atoms with Crippen molar-refractivity contribution in [1.82, 2.24) is 0 Å². The molecule has 2 aliphatic heterocycles. The van der Waals surface area contributed by atoms with E-state index in [0.29, 0.717) is 13.2 Å². The first-order chi connectivity index (χ1) is 13.5. The summed E-state index contributed by atoms with van der Waals surface area (Å²) in [5.41, 5.74) is 4.11.